The number of hydrogen-bond donors (Lipinski definition) is 1. The summed E-state index contributed by atoms with van der Waals surface area (Å²) in [5.41, 5.74) is 1.07. The van der Waals surface area contributed by atoms with Crippen molar-refractivity contribution in [3.63, 3.8) is 0 Å². The Morgan fingerprint density at radius 3 is 2.32 bits per heavy atom. The van der Waals surface area contributed by atoms with Crippen LogP contribution in [0.2, 0.25) is 0 Å². The van der Waals surface area contributed by atoms with Crippen LogP contribution in [0.1, 0.15) is 41.5 Å². The highest BCUT2D eigenvalue weighted by Crippen LogP contribution is 2.15. The maximum absolute atomic E-state index is 12.4. The number of carbonyl (C=O) groups is 1. The standard InChI is InChI=1S/C14H15BrN2O2/c1-8(2)17-14(19)12(9(3)16-17)13(18)10-4-6-11(15)7-5-10/h4-8,16H,1-3H3. The lowest BCUT2D eigenvalue weighted by Crippen LogP contribution is -2.23. The highest BCUT2D eigenvalue weighted by atomic mass is 79.9. The van der Waals surface area contributed by atoms with Gasteiger partial charge in [0.15, 0.2) is 5.78 Å². The molecule has 0 saturated heterocycles. The fraction of sp³-hybridized carbons (Fsp3) is 0.286. The van der Waals surface area contributed by atoms with Crippen molar-refractivity contribution in [3.8, 4) is 0 Å². The molecule has 0 aliphatic heterocycles. The summed E-state index contributed by atoms with van der Waals surface area (Å²) in [6.45, 7) is 5.53. The number of benzene rings is 1. The second-order valence-corrected chi connectivity index (χ2v) is 5.63. The van der Waals surface area contributed by atoms with Gasteiger partial charge in [-0.1, -0.05) is 15.9 Å². The molecule has 4 nitrogen and oxygen atoms in total. The molecule has 0 atom stereocenters. The first-order valence-corrected chi connectivity index (χ1v) is 6.82. The molecular formula is C14H15BrN2O2. The van der Waals surface area contributed by atoms with Gasteiger partial charge in [0.2, 0.25) is 0 Å². The average molecular weight is 323 g/mol. The quantitative estimate of drug-likeness (QED) is 0.883. The van der Waals surface area contributed by atoms with Crippen molar-refractivity contribution in [2.45, 2.75) is 26.8 Å². The molecule has 1 aromatic heterocycles. The Morgan fingerprint density at radius 1 is 1.26 bits per heavy atom. The summed E-state index contributed by atoms with van der Waals surface area (Å²) in [6.07, 6.45) is 0. The van der Waals surface area contributed by atoms with E-state index in [-0.39, 0.29) is 22.9 Å². The van der Waals surface area contributed by atoms with Crippen LogP contribution >= 0.6 is 15.9 Å². The molecule has 0 spiro atoms. The summed E-state index contributed by atoms with van der Waals surface area (Å²) in [7, 11) is 0. The van der Waals surface area contributed by atoms with E-state index in [9.17, 15) is 9.59 Å². The van der Waals surface area contributed by atoms with Crippen molar-refractivity contribution in [3.05, 3.63) is 55.9 Å². The van der Waals surface area contributed by atoms with Gasteiger partial charge in [0, 0.05) is 21.8 Å². The van der Waals surface area contributed by atoms with Gasteiger partial charge in [0.25, 0.3) is 5.56 Å². The number of aromatic amines is 1. The van der Waals surface area contributed by atoms with Gasteiger partial charge in [0.1, 0.15) is 5.56 Å². The minimum atomic E-state index is -0.264. The third-order valence-electron chi connectivity index (χ3n) is 2.95. The Morgan fingerprint density at radius 2 is 1.84 bits per heavy atom. The van der Waals surface area contributed by atoms with Crippen molar-refractivity contribution in [1.29, 1.82) is 0 Å². The van der Waals surface area contributed by atoms with E-state index in [1.54, 1.807) is 31.2 Å². The Balaban J connectivity index is 2.50. The first-order valence-electron chi connectivity index (χ1n) is 6.03. The summed E-state index contributed by atoms with van der Waals surface area (Å²) in [5.74, 6) is -0.245. The fourth-order valence-electron chi connectivity index (χ4n) is 1.94. The zero-order chi connectivity index (χ0) is 14.2. The van der Waals surface area contributed by atoms with Crippen LogP contribution < -0.4 is 5.56 Å². The largest absolute Gasteiger partial charge is 0.299 e. The van der Waals surface area contributed by atoms with Gasteiger partial charge in [-0.25, -0.2) is 4.68 Å². The van der Waals surface area contributed by atoms with Gasteiger partial charge in [-0.3, -0.25) is 14.7 Å². The lowest BCUT2D eigenvalue weighted by atomic mass is 10.0. The molecule has 1 heterocycles. The van der Waals surface area contributed by atoms with E-state index < -0.39 is 0 Å². The first kappa shape index (κ1) is 13.8. The fourth-order valence-corrected chi connectivity index (χ4v) is 2.21. The van der Waals surface area contributed by atoms with E-state index in [4.69, 9.17) is 0 Å². The van der Waals surface area contributed by atoms with Crippen molar-refractivity contribution in [1.82, 2.24) is 9.78 Å². The summed E-state index contributed by atoms with van der Waals surface area (Å²) >= 11 is 3.32. The number of nitrogens with one attached hydrogen (secondary N) is 1. The number of halogens is 1. The smallest absolute Gasteiger partial charge is 0.278 e. The molecule has 2 aromatic rings. The Kier molecular flexibility index (Phi) is 3.75. The van der Waals surface area contributed by atoms with Crippen LogP contribution in [0.4, 0.5) is 0 Å². The lowest BCUT2D eigenvalue weighted by molar-refractivity contribution is 0.103. The number of ketones is 1. The van der Waals surface area contributed by atoms with Gasteiger partial charge in [-0.05, 0) is 45.0 Å². The van der Waals surface area contributed by atoms with Gasteiger partial charge in [-0.2, -0.15) is 0 Å². The zero-order valence-corrected chi connectivity index (χ0v) is 12.6. The third kappa shape index (κ3) is 2.56. The van der Waals surface area contributed by atoms with Crippen molar-refractivity contribution in [2.24, 2.45) is 0 Å². The molecule has 1 aromatic carbocycles. The molecule has 5 heteroatoms. The van der Waals surface area contributed by atoms with Gasteiger partial charge < -0.3 is 0 Å². The van der Waals surface area contributed by atoms with Crippen LogP contribution in [0.15, 0.2) is 33.5 Å². The highest BCUT2D eigenvalue weighted by Gasteiger charge is 2.20. The molecule has 2 rings (SSSR count). The van der Waals surface area contributed by atoms with Crippen LogP contribution in [0.25, 0.3) is 0 Å². The molecular weight excluding hydrogens is 308 g/mol. The number of nitrogens with zero attached hydrogens (tertiary/aromatic N) is 1. The minimum Gasteiger partial charge on any atom is -0.299 e. The SMILES string of the molecule is Cc1[nH]n(C(C)C)c(=O)c1C(=O)c1ccc(Br)cc1. The Bertz CT molecular complexity index is 666. The molecule has 0 aliphatic carbocycles. The van der Waals surface area contributed by atoms with Gasteiger partial charge in [-0.15, -0.1) is 0 Å². The van der Waals surface area contributed by atoms with Crippen LogP contribution in [-0.4, -0.2) is 15.6 Å². The molecule has 0 aliphatic rings. The summed E-state index contributed by atoms with van der Waals surface area (Å²) in [4.78, 5) is 24.6. The van der Waals surface area contributed by atoms with E-state index in [0.29, 0.717) is 11.3 Å². The van der Waals surface area contributed by atoms with Crippen LogP contribution in [-0.2, 0) is 0 Å². The van der Waals surface area contributed by atoms with Crippen molar-refractivity contribution < 1.29 is 4.79 Å². The van der Waals surface area contributed by atoms with Crippen molar-refractivity contribution >= 4 is 21.7 Å². The average Bonchev–Trinajstić information content (AvgIpc) is 2.65. The first-order chi connectivity index (χ1) is 8.91. The van der Waals surface area contributed by atoms with E-state index in [1.807, 2.05) is 13.8 Å². The maximum atomic E-state index is 12.4. The van der Waals surface area contributed by atoms with Gasteiger partial charge in [0.05, 0.1) is 0 Å². The molecule has 1 N–H and O–H groups in total. The number of hydrogen-bond acceptors (Lipinski definition) is 2. The van der Waals surface area contributed by atoms with Crippen LogP contribution in [0.3, 0.4) is 0 Å². The molecule has 100 valence electrons. The number of carbonyl (C=O) groups excluding carboxylic acids is 1. The summed E-state index contributed by atoms with van der Waals surface area (Å²) < 4.78 is 2.37. The van der Waals surface area contributed by atoms with E-state index in [1.165, 1.54) is 4.68 Å². The molecule has 0 radical (unpaired) electrons. The van der Waals surface area contributed by atoms with Crippen LogP contribution in [0.5, 0.6) is 0 Å². The second kappa shape index (κ2) is 5.17. The predicted molar refractivity (Wildman–Crippen MR) is 77.7 cm³/mol. The molecule has 0 fully saturated rings. The topological polar surface area (TPSA) is 54.9 Å². The zero-order valence-electron chi connectivity index (χ0n) is 11.0. The van der Waals surface area contributed by atoms with E-state index in [2.05, 4.69) is 21.0 Å². The predicted octanol–water partition coefficient (Wildman–Crippen LogP) is 3.06. The molecule has 0 amide bonds. The Labute approximate surface area is 119 Å². The number of aromatic nitrogens is 2. The summed E-state index contributed by atoms with van der Waals surface area (Å²) in [5, 5.41) is 2.95. The maximum Gasteiger partial charge on any atom is 0.278 e. The lowest BCUT2D eigenvalue weighted by Gasteiger charge is -2.03. The monoisotopic (exact) mass is 322 g/mol. The molecule has 0 saturated carbocycles. The highest BCUT2D eigenvalue weighted by molar-refractivity contribution is 9.10. The van der Waals surface area contributed by atoms with E-state index in [0.717, 1.165) is 4.47 Å². The van der Waals surface area contributed by atoms with Crippen molar-refractivity contribution in [2.75, 3.05) is 0 Å². The second-order valence-electron chi connectivity index (χ2n) is 4.72. The number of H-pyrrole nitrogens is 1. The Hall–Kier alpha value is -1.62. The van der Waals surface area contributed by atoms with E-state index >= 15 is 0 Å². The normalized spacial score (nSPS) is 11.0. The van der Waals surface area contributed by atoms with Crippen LogP contribution in [0, 0.1) is 6.92 Å². The third-order valence-corrected chi connectivity index (χ3v) is 3.47. The molecule has 0 bridgehead atoms. The number of rotatable bonds is 3. The molecule has 0 unspecified atom stereocenters. The van der Waals surface area contributed by atoms with Gasteiger partial charge >= 0.3 is 0 Å². The minimum absolute atomic E-state index is 0.00216. The summed E-state index contributed by atoms with van der Waals surface area (Å²) in [6, 6.07) is 6.99. The molecule has 19 heavy (non-hydrogen) atoms. The number of aryl methyl sites for hydroxylation is 1.